The highest BCUT2D eigenvalue weighted by atomic mass is 35.5. The van der Waals surface area contributed by atoms with E-state index in [0.717, 1.165) is 24.4 Å². The van der Waals surface area contributed by atoms with Crippen molar-refractivity contribution in [1.29, 1.82) is 0 Å². The minimum absolute atomic E-state index is 0.135. The average Bonchev–Trinajstić information content (AvgIpc) is 2.43. The number of amides is 1. The summed E-state index contributed by atoms with van der Waals surface area (Å²) < 4.78 is 66.7. The van der Waals surface area contributed by atoms with Gasteiger partial charge in [0.05, 0.1) is 5.56 Å². The molecule has 1 heterocycles. The van der Waals surface area contributed by atoms with Crippen LogP contribution in [-0.4, -0.2) is 23.7 Å². The molecular weight excluding hydrogens is 359 g/mol. The molecule has 0 aliphatic rings. The molecule has 0 spiro atoms. The number of alkyl halides is 3. The molecule has 0 aliphatic carbocycles. The van der Waals surface area contributed by atoms with Crippen LogP contribution in [0.1, 0.15) is 10.4 Å². The van der Waals surface area contributed by atoms with Gasteiger partial charge in [-0.1, -0.05) is 11.6 Å². The highest BCUT2D eigenvalue weighted by molar-refractivity contribution is 6.32. The Morgan fingerprint density at radius 1 is 1.17 bits per heavy atom. The smallest absolute Gasteiger partial charge is 0.422 e. The Bertz CT molecular complexity index is 747. The normalized spacial score (nSPS) is 11.2. The Kier molecular flexibility index (Phi) is 5.23. The molecule has 0 radical (unpaired) electrons. The fourth-order valence-electron chi connectivity index (χ4n) is 1.64. The van der Waals surface area contributed by atoms with Crippen molar-refractivity contribution in [2.45, 2.75) is 6.18 Å². The van der Waals surface area contributed by atoms with Crippen molar-refractivity contribution < 1.29 is 31.5 Å². The third-order valence-electron chi connectivity index (χ3n) is 2.56. The van der Waals surface area contributed by atoms with Gasteiger partial charge in [0.25, 0.3) is 5.91 Å². The van der Waals surface area contributed by atoms with E-state index in [-0.39, 0.29) is 16.3 Å². The number of aromatic nitrogens is 1. The number of carbonyl (C=O) groups is 1. The molecule has 0 fully saturated rings. The van der Waals surface area contributed by atoms with Crippen molar-refractivity contribution in [3.05, 3.63) is 52.7 Å². The summed E-state index contributed by atoms with van der Waals surface area (Å²) in [5.41, 5.74) is -0.282. The molecule has 1 aromatic heterocycles. The summed E-state index contributed by atoms with van der Waals surface area (Å²) in [6.07, 6.45) is -3.65. The maximum atomic E-state index is 13.0. The lowest BCUT2D eigenvalue weighted by atomic mass is 10.2. The minimum Gasteiger partial charge on any atom is -0.467 e. The summed E-state index contributed by atoms with van der Waals surface area (Å²) in [5, 5.41) is 1.88. The Labute approximate surface area is 137 Å². The number of halogens is 6. The van der Waals surface area contributed by atoms with E-state index in [1.807, 2.05) is 0 Å². The maximum absolute atomic E-state index is 13.0. The van der Waals surface area contributed by atoms with Gasteiger partial charge in [0.1, 0.15) is 16.7 Å². The van der Waals surface area contributed by atoms with E-state index < -0.39 is 36.2 Å². The van der Waals surface area contributed by atoms with E-state index in [9.17, 15) is 26.7 Å². The Morgan fingerprint density at radius 2 is 1.79 bits per heavy atom. The first-order chi connectivity index (χ1) is 11.1. The molecule has 0 saturated carbocycles. The molecule has 2 rings (SSSR count). The van der Waals surface area contributed by atoms with Crippen LogP contribution in [0.15, 0.2) is 30.5 Å². The zero-order valence-electron chi connectivity index (χ0n) is 11.6. The third kappa shape index (κ3) is 5.05. The highest BCUT2D eigenvalue weighted by Crippen LogP contribution is 2.25. The number of hydrogen-bond acceptors (Lipinski definition) is 3. The summed E-state index contributed by atoms with van der Waals surface area (Å²) in [4.78, 5) is 15.5. The number of anilines is 1. The molecule has 128 valence electrons. The first-order valence-electron chi connectivity index (χ1n) is 6.26. The van der Waals surface area contributed by atoms with Gasteiger partial charge in [-0.05, 0) is 18.2 Å². The topological polar surface area (TPSA) is 51.2 Å². The number of nitrogens with one attached hydrogen (secondary N) is 1. The number of hydrogen-bond donors (Lipinski definition) is 1. The third-order valence-corrected chi connectivity index (χ3v) is 2.83. The van der Waals surface area contributed by atoms with Crippen LogP contribution in [0.25, 0.3) is 0 Å². The van der Waals surface area contributed by atoms with E-state index in [2.05, 4.69) is 15.0 Å². The summed E-state index contributed by atoms with van der Waals surface area (Å²) in [5.74, 6) is -3.09. The van der Waals surface area contributed by atoms with Gasteiger partial charge in [-0.2, -0.15) is 13.2 Å². The summed E-state index contributed by atoms with van der Waals surface area (Å²) in [6, 6.07) is 3.42. The molecule has 4 nitrogen and oxygen atoms in total. The molecule has 0 bridgehead atoms. The second-order valence-electron chi connectivity index (χ2n) is 4.53. The first kappa shape index (κ1) is 17.9. The molecule has 1 amide bonds. The van der Waals surface area contributed by atoms with Gasteiger partial charge in [-0.3, -0.25) is 4.79 Å². The van der Waals surface area contributed by atoms with Crippen LogP contribution in [0, 0.1) is 11.6 Å². The molecular formula is C14H8ClF5N2O2. The molecule has 24 heavy (non-hydrogen) atoms. The zero-order chi connectivity index (χ0) is 17.9. The van der Waals surface area contributed by atoms with Crippen LogP contribution >= 0.6 is 11.6 Å². The number of pyridine rings is 1. The number of benzene rings is 1. The number of ether oxygens (including phenoxy) is 1. The molecule has 1 aromatic carbocycles. The molecule has 10 heteroatoms. The Morgan fingerprint density at radius 3 is 2.33 bits per heavy atom. The van der Waals surface area contributed by atoms with E-state index in [0.29, 0.717) is 6.07 Å². The monoisotopic (exact) mass is 366 g/mol. The van der Waals surface area contributed by atoms with Gasteiger partial charge in [0, 0.05) is 18.0 Å². The quantitative estimate of drug-likeness (QED) is 0.825. The lowest BCUT2D eigenvalue weighted by molar-refractivity contribution is -0.154. The van der Waals surface area contributed by atoms with Gasteiger partial charge < -0.3 is 10.1 Å². The predicted octanol–water partition coefficient (Wildman–Crippen LogP) is 4.21. The van der Waals surface area contributed by atoms with Gasteiger partial charge >= 0.3 is 6.18 Å². The molecule has 1 N–H and O–H groups in total. The number of nitrogens with zero attached hydrogens (tertiary/aromatic N) is 1. The van der Waals surface area contributed by atoms with E-state index in [1.54, 1.807) is 0 Å². The Hall–Kier alpha value is -2.42. The van der Waals surface area contributed by atoms with E-state index in [4.69, 9.17) is 11.6 Å². The minimum atomic E-state index is -4.57. The SMILES string of the molecule is O=C(Nc1cc(F)cc(F)c1)c1cnc(OCC(F)(F)F)c(Cl)c1. The van der Waals surface area contributed by atoms with Gasteiger partial charge in [-0.15, -0.1) is 0 Å². The van der Waals surface area contributed by atoms with Crippen LogP contribution in [0.2, 0.25) is 5.02 Å². The van der Waals surface area contributed by atoms with Crippen LogP contribution in [0.4, 0.5) is 27.6 Å². The first-order valence-corrected chi connectivity index (χ1v) is 6.64. The lowest BCUT2D eigenvalue weighted by Gasteiger charge is -2.10. The van der Waals surface area contributed by atoms with Crippen LogP contribution in [0.5, 0.6) is 5.88 Å². The lowest BCUT2D eigenvalue weighted by Crippen LogP contribution is -2.20. The summed E-state index contributed by atoms with van der Waals surface area (Å²) in [7, 11) is 0. The number of carbonyl (C=O) groups excluding carboxylic acids is 1. The van der Waals surface area contributed by atoms with Gasteiger partial charge in [0.15, 0.2) is 6.61 Å². The van der Waals surface area contributed by atoms with Crippen LogP contribution in [0.3, 0.4) is 0 Å². The molecule has 0 unspecified atom stereocenters. The average molecular weight is 367 g/mol. The van der Waals surface area contributed by atoms with Crippen molar-refractivity contribution in [2.24, 2.45) is 0 Å². The maximum Gasteiger partial charge on any atom is 0.422 e. The van der Waals surface area contributed by atoms with Crippen molar-refractivity contribution in [3.63, 3.8) is 0 Å². The van der Waals surface area contributed by atoms with E-state index >= 15 is 0 Å². The fourth-order valence-corrected chi connectivity index (χ4v) is 1.86. The predicted molar refractivity (Wildman–Crippen MR) is 75.1 cm³/mol. The van der Waals surface area contributed by atoms with Crippen molar-refractivity contribution in [2.75, 3.05) is 11.9 Å². The standard InChI is InChI=1S/C14H8ClF5N2O2/c15-11-1-7(5-21-13(11)24-6-14(18,19)20)12(23)22-10-3-8(16)2-9(17)4-10/h1-5H,6H2,(H,22,23). The highest BCUT2D eigenvalue weighted by Gasteiger charge is 2.29. The molecule has 0 aliphatic heterocycles. The van der Waals surface area contributed by atoms with Gasteiger partial charge in [0.2, 0.25) is 5.88 Å². The van der Waals surface area contributed by atoms with E-state index in [1.165, 1.54) is 0 Å². The van der Waals surface area contributed by atoms with Gasteiger partial charge in [-0.25, -0.2) is 13.8 Å². The molecule has 2 aromatic rings. The largest absolute Gasteiger partial charge is 0.467 e. The Balaban J connectivity index is 2.11. The summed E-state index contributed by atoms with van der Waals surface area (Å²) in [6.45, 7) is -1.59. The van der Waals surface area contributed by atoms with Crippen LogP contribution < -0.4 is 10.1 Å². The zero-order valence-corrected chi connectivity index (χ0v) is 12.4. The van der Waals surface area contributed by atoms with Crippen molar-refractivity contribution >= 4 is 23.2 Å². The second-order valence-corrected chi connectivity index (χ2v) is 4.93. The molecule has 0 atom stereocenters. The molecule has 0 saturated heterocycles. The number of rotatable bonds is 4. The van der Waals surface area contributed by atoms with Crippen LogP contribution in [-0.2, 0) is 0 Å². The summed E-state index contributed by atoms with van der Waals surface area (Å²) >= 11 is 5.70. The second kappa shape index (κ2) is 7.00. The fraction of sp³-hybridized carbons (Fsp3) is 0.143. The van der Waals surface area contributed by atoms with Crippen molar-refractivity contribution in [1.82, 2.24) is 4.98 Å². The van der Waals surface area contributed by atoms with Crippen molar-refractivity contribution in [3.8, 4) is 5.88 Å².